The maximum absolute atomic E-state index is 11.9. The minimum absolute atomic E-state index is 0.0112. The maximum atomic E-state index is 11.9. The maximum Gasteiger partial charge on any atom is 0.253 e. The molecule has 0 amide bonds. The molecule has 4 nitrogen and oxygen atoms in total. The van der Waals surface area contributed by atoms with E-state index in [1.54, 1.807) is 10.8 Å². The second-order valence-corrected chi connectivity index (χ2v) is 4.89. The van der Waals surface area contributed by atoms with Crippen LogP contribution in [-0.2, 0) is 0 Å². The Morgan fingerprint density at radius 3 is 2.94 bits per heavy atom. The van der Waals surface area contributed by atoms with Gasteiger partial charge in [-0.2, -0.15) is 0 Å². The molecule has 92 valence electrons. The Kier molecular flexibility index (Phi) is 3.24. The third-order valence-electron chi connectivity index (χ3n) is 3.04. The highest BCUT2D eigenvalue weighted by Crippen LogP contribution is 2.33. The van der Waals surface area contributed by atoms with Crippen LogP contribution in [-0.4, -0.2) is 28.5 Å². The summed E-state index contributed by atoms with van der Waals surface area (Å²) < 4.78 is 1.73. The Labute approximate surface area is 106 Å². The van der Waals surface area contributed by atoms with Gasteiger partial charge in [-0.1, -0.05) is 11.6 Å². The topological polar surface area (TPSA) is 38.1 Å². The minimum Gasteiger partial charge on any atom is -0.368 e. The number of aromatic nitrogens is 2. The van der Waals surface area contributed by atoms with Crippen LogP contribution in [0.5, 0.6) is 0 Å². The summed E-state index contributed by atoms with van der Waals surface area (Å²) in [6.07, 6.45) is 3.32. The monoisotopic (exact) mass is 253 g/mol. The van der Waals surface area contributed by atoms with E-state index in [2.05, 4.69) is 4.98 Å². The van der Waals surface area contributed by atoms with Crippen molar-refractivity contribution in [3.8, 4) is 0 Å². The SMILES string of the molecule is CC1CC/C(=C(\Cl)N(C)C)c2nccc(=O)n21. The Morgan fingerprint density at radius 2 is 2.29 bits per heavy atom. The molecule has 5 heteroatoms. The van der Waals surface area contributed by atoms with Crippen LogP contribution >= 0.6 is 11.6 Å². The molecule has 1 aliphatic heterocycles. The first-order valence-electron chi connectivity index (χ1n) is 5.66. The van der Waals surface area contributed by atoms with Gasteiger partial charge in [0.15, 0.2) is 0 Å². The molecule has 0 fully saturated rings. The van der Waals surface area contributed by atoms with Gasteiger partial charge in [0.25, 0.3) is 5.56 Å². The highest BCUT2D eigenvalue weighted by Gasteiger charge is 2.24. The fourth-order valence-corrected chi connectivity index (χ4v) is 2.31. The summed E-state index contributed by atoms with van der Waals surface area (Å²) in [7, 11) is 3.78. The molecule has 0 aromatic carbocycles. The van der Waals surface area contributed by atoms with Crippen molar-refractivity contribution in [1.82, 2.24) is 14.5 Å². The lowest BCUT2D eigenvalue weighted by molar-refractivity contribution is 0.456. The van der Waals surface area contributed by atoms with Crippen LogP contribution in [0.15, 0.2) is 22.2 Å². The largest absolute Gasteiger partial charge is 0.368 e. The first-order valence-corrected chi connectivity index (χ1v) is 6.04. The standard InChI is InChI=1S/C12H16ClN3O/c1-8-4-5-9(11(13)15(2)3)12-14-7-6-10(17)16(8)12/h6-8H,4-5H2,1-3H3/b11-9-. The molecule has 1 aromatic heterocycles. The summed E-state index contributed by atoms with van der Waals surface area (Å²) in [5, 5.41) is 0.656. The van der Waals surface area contributed by atoms with E-state index in [4.69, 9.17) is 11.6 Å². The molecule has 17 heavy (non-hydrogen) atoms. The molecule has 0 bridgehead atoms. The van der Waals surface area contributed by atoms with E-state index in [0.29, 0.717) is 11.0 Å². The molecular formula is C12H16ClN3O. The van der Waals surface area contributed by atoms with Gasteiger partial charge < -0.3 is 4.90 Å². The van der Waals surface area contributed by atoms with E-state index in [9.17, 15) is 4.79 Å². The predicted molar refractivity (Wildman–Crippen MR) is 68.9 cm³/mol. The first kappa shape index (κ1) is 12.2. The number of hydrogen-bond donors (Lipinski definition) is 0. The van der Waals surface area contributed by atoms with Gasteiger partial charge in [-0.25, -0.2) is 4.98 Å². The summed E-state index contributed by atoms with van der Waals surface area (Å²) >= 11 is 6.27. The van der Waals surface area contributed by atoms with Gasteiger partial charge in [0, 0.05) is 38.0 Å². The van der Waals surface area contributed by atoms with Gasteiger partial charge in [-0.3, -0.25) is 9.36 Å². The van der Waals surface area contributed by atoms with E-state index in [-0.39, 0.29) is 11.6 Å². The molecule has 2 heterocycles. The highest BCUT2D eigenvalue weighted by molar-refractivity contribution is 6.32. The quantitative estimate of drug-likeness (QED) is 0.719. The van der Waals surface area contributed by atoms with Crippen LogP contribution < -0.4 is 5.56 Å². The molecule has 0 aliphatic carbocycles. The molecule has 0 radical (unpaired) electrons. The number of hydrogen-bond acceptors (Lipinski definition) is 3. The summed E-state index contributed by atoms with van der Waals surface area (Å²) in [5.41, 5.74) is 0.940. The van der Waals surface area contributed by atoms with Crippen molar-refractivity contribution in [3.05, 3.63) is 33.6 Å². The summed E-state index contributed by atoms with van der Waals surface area (Å²) in [6, 6.07) is 1.67. The third kappa shape index (κ3) is 2.09. The zero-order valence-corrected chi connectivity index (χ0v) is 11.0. The van der Waals surface area contributed by atoms with Crippen LogP contribution in [0.25, 0.3) is 5.57 Å². The lowest BCUT2D eigenvalue weighted by Gasteiger charge is -2.27. The van der Waals surface area contributed by atoms with Crippen molar-refractivity contribution in [2.45, 2.75) is 25.8 Å². The Morgan fingerprint density at radius 1 is 1.59 bits per heavy atom. The average molecular weight is 254 g/mol. The van der Waals surface area contributed by atoms with Crippen molar-refractivity contribution in [1.29, 1.82) is 0 Å². The van der Waals surface area contributed by atoms with Crippen LogP contribution in [0.3, 0.4) is 0 Å². The molecule has 2 rings (SSSR count). The zero-order valence-electron chi connectivity index (χ0n) is 10.3. The smallest absolute Gasteiger partial charge is 0.253 e. The van der Waals surface area contributed by atoms with Crippen molar-refractivity contribution in [3.63, 3.8) is 0 Å². The fraction of sp³-hybridized carbons (Fsp3) is 0.500. The van der Waals surface area contributed by atoms with Crippen molar-refractivity contribution in [2.75, 3.05) is 14.1 Å². The van der Waals surface area contributed by atoms with Gasteiger partial charge in [-0.05, 0) is 19.8 Å². The van der Waals surface area contributed by atoms with Gasteiger partial charge in [0.2, 0.25) is 0 Å². The molecule has 1 atom stereocenters. The fourth-order valence-electron chi connectivity index (χ4n) is 2.13. The predicted octanol–water partition coefficient (Wildman–Crippen LogP) is 2.07. The number of allylic oxidation sites excluding steroid dienone is 1. The summed E-state index contributed by atoms with van der Waals surface area (Å²) in [4.78, 5) is 18.0. The molecule has 0 saturated heterocycles. The Bertz CT molecular complexity index is 519. The van der Waals surface area contributed by atoms with Crippen LogP contribution in [0.4, 0.5) is 0 Å². The van der Waals surface area contributed by atoms with E-state index in [1.807, 2.05) is 25.9 Å². The van der Waals surface area contributed by atoms with Crippen molar-refractivity contribution in [2.24, 2.45) is 0 Å². The molecule has 0 N–H and O–H groups in total. The number of halogens is 1. The molecule has 1 aliphatic rings. The van der Waals surface area contributed by atoms with E-state index < -0.39 is 0 Å². The first-order chi connectivity index (χ1) is 8.02. The van der Waals surface area contributed by atoms with Gasteiger partial charge in [0.05, 0.1) is 0 Å². The normalized spacial score (nSPS) is 22.0. The molecular weight excluding hydrogens is 238 g/mol. The number of fused-ring (bicyclic) bond motifs is 1. The van der Waals surface area contributed by atoms with E-state index in [1.165, 1.54) is 6.07 Å². The summed E-state index contributed by atoms with van der Waals surface area (Å²) in [6.45, 7) is 2.03. The van der Waals surface area contributed by atoms with E-state index in [0.717, 1.165) is 18.4 Å². The van der Waals surface area contributed by atoms with Gasteiger partial charge in [0.1, 0.15) is 11.0 Å². The second kappa shape index (κ2) is 4.53. The Balaban J connectivity index is 2.66. The summed E-state index contributed by atoms with van der Waals surface area (Å²) in [5.74, 6) is 0.704. The average Bonchev–Trinajstić information content (AvgIpc) is 2.28. The van der Waals surface area contributed by atoms with Gasteiger partial charge in [-0.15, -0.1) is 0 Å². The molecule has 0 saturated carbocycles. The lowest BCUT2D eigenvalue weighted by Crippen LogP contribution is -2.30. The van der Waals surface area contributed by atoms with Gasteiger partial charge >= 0.3 is 0 Å². The number of rotatable bonds is 1. The lowest BCUT2D eigenvalue weighted by atomic mass is 10.0. The molecule has 0 spiro atoms. The molecule has 1 aromatic rings. The van der Waals surface area contributed by atoms with Crippen molar-refractivity contribution >= 4 is 17.2 Å². The molecule has 1 unspecified atom stereocenters. The van der Waals surface area contributed by atoms with Crippen LogP contribution in [0, 0.1) is 0 Å². The number of nitrogens with zero attached hydrogens (tertiary/aromatic N) is 3. The second-order valence-electron chi connectivity index (χ2n) is 4.53. The van der Waals surface area contributed by atoms with E-state index >= 15 is 0 Å². The Hall–Kier alpha value is -1.29. The van der Waals surface area contributed by atoms with Crippen LogP contribution in [0.2, 0.25) is 0 Å². The zero-order chi connectivity index (χ0) is 12.6. The minimum atomic E-state index is -0.0112. The van der Waals surface area contributed by atoms with Crippen molar-refractivity contribution < 1.29 is 0 Å². The highest BCUT2D eigenvalue weighted by atomic mass is 35.5. The van der Waals surface area contributed by atoms with Crippen LogP contribution in [0.1, 0.15) is 31.6 Å². The third-order valence-corrected chi connectivity index (χ3v) is 3.61.